The number of benzene rings is 3. The number of rotatable bonds is 5. The third-order valence-electron chi connectivity index (χ3n) is 6.22. The Balaban J connectivity index is 1.46. The van der Waals surface area contributed by atoms with Gasteiger partial charge in [-0.25, -0.2) is 21.6 Å². The van der Waals surface area contributed by atoms with Gasteiger partial charge in [0.1, 0.15) is 22.3 Å². The minimum Gasteiger partial charge on any atom is -0.343 e. The van der Waals surface area contributed by atoms with Gasteiger partial charge in [-0.05, 0) is 36.2 Å². The first-order valence-electron chi connectivity index (χ1n) is 10.6. The molecule has 170 valence electrons. The molecule has 3 aromatic carbocycles. The van der Waals surface area contributed by atoms with Crippen molar-refractivity contribution in [1.29, 1.82) is 0 Å². The van der Waals surface area contributed by atoms with Crippen LogP contribution in [0.2, 0.25) is 0 Å². The quantitative estimate of drug-likeness (QED) is 0.398. The maximum atomic E-state index is 14.2. The zero-order chi connectivity index (χ0) is 23.2. The highest BCUT2D eigenvalue weighted by Gasteiger charge is 2.36. The van der Waals surface area contributed by atoms with E-state index >= 15 is 0 Å². The number of para-hydroxylation sites is 1. The molecular weight excluding hydrogens is 449 g/mol. The second-order valence-electron chi connectivity index (χ2n) is 8.24. The normalized spacial score (nSPS) is 17.1. The number of halogens is 3. The summed E-state index contributed by atoms with van der Waals surface area (Å²) in [6.07, 6.45) is 2.52. The van der Waals surface area contributed by atoms with Crippen LogP contribution in [0.1, 0.15) is 23.5 Å². The van der Waals surface area contributed by atoms with Gasteiger partial charge in [0, 0.05) is 47.7 Å². The fraction of sp³-hybridized carbons (Fsp3) is 0.200. The van der Waals surface area contributed by atoms with E-state index in [1.807, 2.05) is 35.0 Å². The van der Waals surface area contributed by atoms with Crippen molar-refractivity contribution in [1.82, 2.24) is 8.87 Å². The molecule has 4 nitrogen and oxygen atoms in total. The molecule has 33 heavy (non-hydrogen) atoms. The van der Waals surface area contributed by atoms with E-state index in [0.29, 0.717) is 24.6 Å². The SMILES string of the molecule is O=S(=O)(c1ccc(F)cc1F)N1CCC(c2cn(Cc3ccccc3F)c3ccccc23)C1. The van der Waals surface area contributed by atoms with E-state index in [9.17, 15) is 21.6 Å². The summed E-state index contributed by atoms with van der Waals surface area (Å²) in [5, 5.41) is 0.978. The number of sulfonamides is 1. The Morgan fingerprint density at radius 3 is 2.45 bits per heavy atom. The van der Waals surface area contributed by atoms with E-state index in [1.54, 1.807) is 18.2 Å². The Kier molecular flexibility index (Phi) is 5.50. The van der Waals surface area contributed by atoms with Gasteiger partial charge in [-0.15, -0.1) is 0 Å². The fourth-order valence-electron chi connectivity index (χ4n) is 4.57. The minimum absolute atomic E-state index is 0.102. The Labute approximate surface area is 189 Å². The van der Waals surface area contributed by atoms with Gasteiger partial charge < -0.3 is 4.57 Å². The van der Waals surface area contributed by atoms with Gasteiger partial charge in [0.05, 0.1) is 6.54 Å². The first-order valence-corrected chi connectivity index (χ1v) is 12.0. The van der Waals surface area contributed by atoms with Crippen molar-refractivity contribution in [2.24, 2.45) is 0 Å². The standard InChI is InChI=1S/C25H21F3N2O2S/c26-19-9-10-25(23(28)13-19)33(31,32)30-12-11-17(15-30)21-16-29(24-8-4-2-6-20(21)24)14-18-5-1-3-7-22(18)27/h1-10,13,16-17H,11-12,14-15H2. The molecule has 0 bridgehead atoms. The molecule has 0 aliphatic carbocycles. The molecule has 8 heteroatoms. The molecule has 1 saturated heterocycles. The highest BCUT2D eigenvalue weighted by Crippen LogP contribution is 2.36. The second-order valence-corrected chi connectivity index (χ2v) is 10.2. The van der Waals surface area contributed by atoms with Crippen molar-refractivity contribution in [2.75, 3.05) is 13.1 Å². The molecular formula is C25H21F3N2O2S. The lowest BCUT2D eigenvalue weighted by Crippen LogP contribution is -2.29. The molecule has 1 atom stereocenters. The molecule has 1 fully saturated rings. The Morgan fingerprint density at radius 2 is 1.67 bits per heavy atom. The van der Waals surface area contributed by atoms with E-state index in [2.05, 4.69) is 0 Å². The molecule has 0 radical (unpaired) electrons. The third kappa shape index (κ3) is 3.94. The first-order chi connectivity index (χ1) is 15.8. The third-order valence-corrected chi connectivity index (χ3v) is 8.12. The lowest BCUT2D eigenvalue weighted by atomic mass is 9.98. The molecule has 4 aromatic rings. The second kappa shape index (κ2) is 8.35. The number of fused-ring (bicyclic) bond motifs is 1. The van der Waals surface area contributed by atoms with Gasteiger partial charge in [0.2, 0.25) is 10.0 Å². The average molecular weight is 471 g/mol. The van der Waals surface area contributed by atoms with Crippen molar-refractivity contribution < 1.29 is 21.6 Å². The molecule has 0 amide bonds. The maximum Gasteiger partial charge on any atom is 0.246 e. The predicted molar refractivity (Wildman–Crippen MR) is 120 cm³/mol. The van der Waals surface area contributed by atoms with Crippen LogP contribution in [0.4, 0.5) is 13.2 Å². The summed E-state index contributed by atoms with van der Waals surface area (Å²) in [5.74, 6) is -2.31. The van der Waals surface area contributed by atoms with Crippen LogP contribution in [0, 0.1) is 17.5 Å². The van der Waals surface area contributed by atoms with Crippen LogP contribution in [0.3, 0.4) is 0 Å². The van der Waals surface area contributed by atoms with Gasteiger partial charge in [0.25, 0.3) is 0 Å². The molecule has 0 saturated carbocycles. The molecule has 1 aliphatic rings. The molecule has 0 N–H and O–H groups in total. The summed E-state index contributed by atoms with van der Waals surface area (Å²) in [6, 6.07) is 16.8. The van der Waals surface area contributed by atoms with Crippen molar-refractivity contribution in [3.63, 3.8) is 0 Å². The fourth-order valence-corrected chi connectivity index (χ4v) is 6.11. The lowest BCUT2D eigenvalue weighted by molar-refractivity contribution is 0.464. The number of aromatic nitrogens is 1. The summed E-state index contributed by atoms with van der Waals surface area (Å²) in [7, 11) is -4.09. The first kappa shape index (κ1) is 21.7. The van der Waals surface area contributed by atoms with Crippen molar-refractivity contribution in [3.05, 3.63) is 102 Å². The van der Waals surface area contributed by atoms with Gasteiger partial charge in [-0.3, -0.25) is 0 Å². The van der Waals surface area contributed by atoms with Crippen LogP contribution in [-0.2, 0) is 16.6 Å². The molecule has 2 heterocycles. The van der Waals surface area contributed by atoms with E-state index < -0.39 is 26.6 Å². The maximum absolute atomic E-state index is 14.2. The Morgan fingerprint density at radius 1 is 0.909 bits per heavy atom. The van der Waals surface area contributed by atoms with Gasteiger partial charge >= 0.3 is 0 Å². The molecule has 1 unspecified atom stereocenters. The van der Waals surface area contributed by atoms with Crippen molar-refractivity contribution in [3.8, 4) is 0 Å². The highest BCUT2D eigenvalue weighted by molar-refractivity contribution is 7.89. The zero-order valence-corrected chi connectivity index (χ0v) is 18.4. The van der Waals surface area contributed by atoms with Crippen LogP contribution >= 0.6 is 0 Å². The van der Waals surface area contributed by atoms with E-state index in [0.717, 1.165) is 28.6 Å². The monoisotopic (exact) mass is 470 g/mol. The van der Waals surface area contributed by atoms with Gasteiger partial charge in [-0.2, -0.15) is 4.31 Å². The number of hydrogen-bond donors (Lipinski definition) is 0. The summed E-state index contributed by atoms with van der Waals surface area (Å²) in [4.78, 5) is -0.522. The molecule has 5 rings (SSSR count). The highest BCUT2D eigenvalue weighted by atomic mass is 32.2. The smallest absolute Gasteiger partial charge is 0.246 e. The van der Waals surface area contributed by atoms with Crippen LogP contribution in [-0.4, -0.2) is 30.4 Å². The van der Waals surface area contributed by atoms with Crippen LogP contribution in [0.25, 0.3) is 10.9 Å². The molecule has 1 aromatic heterocycles. The number of nitrogens with zero attached hydrogens (tertiary/aromatic N) is 2. The predicted octanol–water partition coefficient (Wildman–Crippen LogP) is 5.29. The minimum atomic E-state index is -4.09. The number of hydrogen-bond acceptors (Lipinski definition) is 2. The van der Waals surface area contributed by atoms with Crippen molar-refractivity contribution in [2.45, 2.75) is 23.8 Å². The topological polar surface area (TPSA) is 42.3 Å². The zero-order valence-electron chi connectivity index (χ0n) is 17.6. The molecule has 0 spiro atoms. The largest absolute Gasteiger partial charge is 0.343 e. The lowest BCUT2D eigenvalue weighted by Gasteiger charge is -2.17. The summed E-state index contributed by atoms with van der Waals surface area (Å²) >= 11 is 0. The van der Waals surface area contributed by atoms with E-state index in [4.69, 9.17) is 0 Å². The average Bonchev–Trinajstić information content (AvgIpc) is 3.41. The summed E-state index contributed by atoms with van der Waals surface area (Å²) < 4.78 is 70.9. The molecule has 1 aliphatic heterocycles. The summed E-state index contributed by atoms with van der Waals surface area (Å²) in [5.41, 5.74) is 2.47. The van der Waals surface area contributed by atoms with Crippen LogP contribution in [0.5, 0.6) is 0 Å². The van der Waals surface area contributed by atoms with E-state index in [1.165, 1.54) is 10.4 Å². The Bertz CT molecular complexity index is 1450. The summed E-state index contributed by atoms with van der Waals surface area (Å²) in [6.45, 7) is 0.770. The van der Waals surface area contributed by atoms with Crippen LogP contribution in [0.15, 0.2) is 77.8 Å². The van der Waals surface area contributed by atoms with Crippen LogP contribution < -0.4 is 0 Å². The Hall–Kier alpha value is -3.10. The van der Waals surface area contributed by atoms with Crippen molar-refractivity contribution >= 4 is 20.9 Å². The van der Waals surface area contributed by atoms with Gasteiger partial charge in [0.15, 0.2) is 0 Å². The van der Waals surface area contributed by atoms with Gasteiger partial charge in [-0.1, -0.05) is 36.4 Å². The van der Waals surface area contributed by atoms with E-state index in [-0.39, 0.29) is 24.8 Å².